The van der Waals surface area contributed by atoms with Crippen LogP contribution in [0, 0.1) is 0 Å². The molecule has 0 unspecified atom stereocenters. The highest BCUT2D eigenvalue weighted by Gasteiger charge is 2.33. The third-order valence-electron chi connectivity index (χ3n) is 3.35. The molecule has 1 atom stereocenters. The molecule has 1 aromatic heterocycles. The minimum atomic E-state index is -3.38. The number of carbonyl (C=O) groups excluding carboxylic acids is 1. The highest BCUT2D eigenvalue weighted by Crippen LogP contribution is 2.30. The number of thioether (sulfide) groups is 1. The van der Waals surface area contributed by atoms with Crippen LogP contribution in [0.3, 0.4) is 0 Å². The van der Waals surface area contributed by atoms with E-state index in [1.54, 1.807) is 6.07 Å². The lowest BCUT2D eigenvalue weighted by molar-refractivity contribution is -0.137. The van der Waals surface area contributed by atoms with Crippen LogP contribution >= 0.6 is 23.1 Å². The van der Waals surface area contributed by atoms with Gasteiger partial charge >= 0.3 is 5.97 Å². The van der Waals surface area contributed by atoms with Crippen molar-refractivity contribution in [2.75, 3.05) is 26.0 Å². The summed E-state index contributed by atoms with van der Waals surface area (Å²) in [4.78, 5) is 12.2. The zero-order valence-electron chi connectivity index (χ0n) is 12.1. The van der Waals surface area contributed by atoms with Crippen LogP contribution in [0.1, 0.15) is 18.2 Å². The molecule has 0 aliphatic carbocycles. The first kappa shape index (κ1) is 16.8. The standard InChI is InChI=1S/C13H19NO4S3/c1-3-10-4-5-13(20-10)21(16,17)14-7-6-11(8-14)19-9-12(15)18-2/h4-5,11H,3,6-9H2,1-2H3/t11-/m0/s1. The molecule has 2 heterocycles. The number of carbonyl (C=O) groups is 1. The summed E-state index contributed by atoms with van der Waals surface area (Å²) >= 11 is 2.80. The van der Waals surface area contributed by atoms with E-state index < -0.39 is 10.0 Å². The third kappa shape index (κ3) is 4.00. The fourth-order valence-electron chi connectivity index (χ4n) is 2.11. The van der Waals surface area contributed by atoms with E-state index in [-0.39, 0.29) is 17.0 Å². The monoisotopic (exact) mass is 349 g/mol. The number of aryl methyl sites for hydroxylation is 1. The van der Waals surface area contributed by atoms with Gasteiger partial charge in [0.05, 0.1) is 12.9 Å². The smallest absolute Gasteiger partial charge is 0.315 e. The van der Waals surface area contributed by atoms with Gasteiger partial charge in [0.15, 0.2) is 0 Å². The van der Waals surface area contributed by atoms with Gasteiger partial charge in [0.1, 0.15) is 4.21 Å². The van der Waals surface area contributed by atoms with E-state index in [9.17, 15) is 13.2 Å². The lowest BCUT2D eigenvalue weighted by Crippen LogP contribution is -2.28. The van der Waals surface area contributed by atoms with Crippen LogP contribution in [-0.2, 0) is 26.0 Å². The molecule has 0 radical (unpaired) electrons. The Morgan fingerprint density at radius 1 is 1.52 bits per heavy atom. The molecule has 0 N–H and O–H groups in total. The second kappa shape index (κ2) is 7.13. The van der Waals surface area contributed by atoms with Gasteiger partial charge in [-0.25, -0.2) is 8.42 Å². The minimum Gasteiger partial charge on any atom is -0.468 e. The molecular formula is C13H19NO4S3. The first-order valence-electron chi connectivity index (χ1n) is 6.74. The highest BCUT2D eigenvalue weighted by atomic mass is 32.2. The summed E-state index contributed by atoms with van der Waals surface area (Å²) in [5.74, 6) is 0.000708. The van der Waals surface area contributed by atoms with Gasteiger partial charge in [-0.2, -0.15) is 4.31 Å². The van der Waals surface area contributed by atoms with Crippen LogP contribution < -0.4 is 0 Å². The molecule has 0 spiro atoms. The quantitative estimate of drug-likeness (QED) is 0.735. The van der Waals surface area contributed by atoms with E-state index in [4.69, 9.17) is 0 Å². The summed E-state index contributed by atoms with van der Waals surface area (Å²) in [6.07, 6.45) is 1.62. The molecule has 1 aliphatic rings. The first-order chi connectivity index (χ1) is 9.97. The highest BCUT2D eigenvalue weighted by molar-refractivity contribution is 8.00. The van der Waals surface area contributed by atoms with Crippen molar-refractivity contribution in [2.45, 2.75) is 29.2 Å². The first-order valence-corrected chi connectivity index (χ1v) is 10.0. The van der Waals surface area contributed by atoms with E-state index in [2.05, 4.69) is 4.74 Å². The van der Waals surface area contributed by atoms with E-state index in [1.807, 2.05) is 13.0 Å². The van der Waals surface area contributed by atoms with Crippen LogP contribution in [0.25, 0.3) is 0 Å². The minimum absolute atomic E-state index is 0.157. The summed E-state index contributed by atoms with van der Waals surface area (Å²) in [5.41, 5.74) is 0. The summed E-state index contributed by atoms with van der Waals surface area (Å²) in [7, 11) is -2.03. The zero-order valence-corrected chi connectivity index (χ0v) is 14.5. The average Bonchev–Trinajstić information content (AvgIpc) is 3.13. The van der Waals surface area contributed by atoms with E-state index in [1.165, 1.54) is 34.5 Å². The summed E-state index contributed by atoms with van der Waals surface area (Å²) in [6, 6.07) is 3.56. The number of nitrogens with zero attached hydrogens (tertiary/aromatic N) is 1. The van der Waals surface area contributed by atoms with E-state index in [0.717, 1.165) is 17.7 Å². The number of esters is 1. The Hall–Kier alpha value is -0.570. The molecule has 8 heteroatoms. The number of ether oxygens (including phenoxy) is 1. The number of methoxy groups -OCH3 is 1. The molecular weight excluding hydrogens is 330 g/mol. The average molecular weight is 349 g/mol. The van der Waals surface area contributed by atoms with Crippen LogP contribution in [0.15, 0.2) is 16.3 Å². The zero-order chi connectivity index (χ0) is 15.5. The van der Waals surface area contributed by atoms with Crippen LogP contribution in [0.5, 0.6) is 0 Å². The molecule has 21 heavy (non-hydrogen) atoms. The van der Waals surface area contributed by atoms with Gasteiger partial charge in [0.25, 0.3) is 10.0 Å². The summed E-state index contributed by atoms with van der Waals surface area (Å²) in [6.45, 7) is 2.99. The Morgan fingerprint density at radius 3 is 2.90 bits per heavy atom. The molecule has 1 aromatic rings. The van der Waals surface area contributed by atoms with E-state index >= 15 is 0 Å². The molecule has 0 amide bonds. The molecule has 1 fully saturated rings. The van der Waals surface area contributed by atoms with Gasteiger partial charge in [0, 0.05) is 23.2 Å². The van der Waals surface area contributed by atoms with Gasteiger partial charge in [-0.3, -0.25) is 4.79 Å². The van der Waals surface area contributed by atoms with Gasteiger partial charge in [-0.05, 0) is 25.0 Å². The Balaban J connectivity index is 1.98. The number of hydrogen-bond donors (Lipinski definition) is 0. The fraction of sp³-hybridized carbons (Fsp3) is 0.615. The van der Waals surface area contributed by atoms with Crippen molar-refractivity contribution < 1.29 is 17.9 Å². The summed E-state index contributed by atoms with van der Waals surface area (Å²) < 4.78 is 31.6. The number of hydrogen-bond acceptors (Lipinski definition) is 6. The third-order valence-corrected chi connectivity index (χ3v) is 8.17. The lowest BCUT2D eigenvalue weighted by Gasteiger charge is -2.15. The fourth-order valence-corrected chi connectivity index (χ4v) is 6.20. The maximum atomic E-state index is 12.5. The van der Waals surface area contributed by atoms with Crippen molar-refractivity contribution in [1.82, 2.24) is 4.31 Å². The Bertz CT molecular complexity index is 596. The molecule has 5 nitrogen and oxygen atoms in total. The van der Waals surface area contributed by atoms with E-state index in [0.29, 0.717) is 17.3 Å². The largest absolute Gasteiger partial charge is 0.468 e. The van der Waals surface area contributed by atoms with Gasteiger partial charge in [-0.1, -0.05) is 6.92 Å². The maximum absolute atomic E-state index is 12.5. The second-order valence-electron chi connectivity index (χ2n) is 4.74. The van der Waals surface area contributed by atoms with Gasteiger partial charge < -0.3 is 4.74 Å². The number of sulfonamides is 1. The molecule has 0 bridgehead atoms. The molecule has 0 aromatic carbocycles. The molecule has 1 aliphatic heterocycles. The van der Waals surface area contributed by atoms with Crippen LogP contribution in [0.2, 0.25) is 0 Å². The molecule has 0 saturated carbocycles. The predicted octanol–water partition coefficient (Wildman–Crippen LogP) is 1.98. The maximum Gasteiger partial charge on any atom is 0.315 e. The van der Waals surface area contributed by atoms with Crippen molar-refractivity contribution in [2.24, 2.45) is 0 Å². The Morgan fingerprint density at radius 2 is 2.29 bits per heavy atom. The van der Waals surface area contributed by atoms with Crippen molar-refractivity contribution >= 4 is 39.1 Å². The second-order valence-corrected chi connectivity index (χ2v) is 9.36. The number of thiophene rings is 1. The van der Waals surface area contributed by atoms with Crippen LogP contribution in [-0.4, -0.2) is 49.9 Å². The van der Waals surface area contributed by atoms with Crippen LogP contribution in [0.4, 0.5) is 0 Å². The SMILES string of the molecule is CCc1ccc(S(=O)(=O)N2CC[C@H](SCC(=O)OC)C2)s1. The predicted molar refractivity (Wildman–Crippen MR) is 85.3 cm³/mol. The lowest BCUT2D eigenvalue weighted by atomic mass is 10.4. The van der Waals surface area contributed by atoms with Crippen molar-refractivity contribution in [3.05, 3.63) is 17.0 Å². The Kier molecular flexibility index (Phi) is 5.70. The summed E-state index contributed by atoms with van der Waals surface area (Å²) in [5, 5.41) is 0.157. The van der Waals surface area contributed by atoms with Crippen molar-refractivity contribution in [3.8, 4) is 0 Å². The topological polar surface area (TPSA) is 63.7 Å². The molecule has 118 valence electrons. The van der Waals surface area contributed by atoms with Crippen molar-refractivity contribution in [3.63, 3.8) is 0 Å². The number of rotatable bonds is 6. The molecule has 2 rings (SSSR count). The van der Waals surface area contributed by atoms with Gasteiger partial charge in [-0.15, -0.1) is 23.1 Å². The van der Waals surface area contributed by atoms with Crippen molar-refractivity contribution in [1.29, 1.82) is 0 Å². The van der Waals surface area contributed by atoms with Gasteiger partial charge in [0.2, 0.25) is 0 Å². The molecule has 1 saturated heterocycles. The normalized spacial score (nSPS) is 19.8. The Labute approximate surface area is 133 Å².